The third-order valence-corrected chi connectivity index (χ3v) is 8.50. The molecule has 12 heavy (non-hydrogen) atoms. The van der Waals surface area contributed by atoms with Crippen LogP contribution in [0.15, 0.2) is 0 Å². The molecule has 1 heterocycles. The summed E-state index contributed by atoms with van der Waals surface area (Å²) in [5, 5.41) is 0. The third kappa shape index (κ3) is 6.29. The van der Waals surface area contributed by atoms with Crippen LogP contribution in [0.25, 0.3) is 0 Å². The Labute approximate surface area is 92.2 Å². The second kappa shape index (κ2) is 9.37. The fourth-order valence-electron chi connectivity index (χ4n) is 1.33. The summed E-state index contributed by atoms with van der Waals surface area (Å²) in [4.78, 5) is 0. The van der Waals surface area contributed by atoms with Crippen molar-refractivity contribution < 1.29 is 17.1 Å². The number of hydrogen-bond acceptors (Lipinski definition) is 0. The first kappa shape index (κ1) is 13.8. The Morgan fingerprint density at radius 1 is 1.00 bits per heavy atom. The van der Waals surface area contributed by atoms with Gasteiger partial charge in [0.1, 0.15) is 0 Å². The Morgan fingerprint density at radius 3 is 1.92 bits per heavy atom. The van der Waals surface area contributed by atoms with E-state index in [-0.39, 0.29) is 17.1 Å². The first-order valence-corrected chi connectivity index (χ1v) is 9.30. The van der Waals surface area contributed by atoms with Gasteiger partial charge >= 0.3 is 0 Å². The van der Waals surface area contributed by atoms with Gasteiger partial charge in [0.2, 0.25) is 0 Å². The van der Waals surface area contributed by atoms with Gasteiger partial charge in [0.25, 0.3) is 0 Å². The second-order valence-electron chi connectivity index (χ2n) is 2.93. The van der Waals surface area contributed by atoms with Crippen molar-refractivity contribution in [3.63, 3.8) is 0 Å². The van der Waals surface area contributed by atoms with E-state index in [9.17, 15) is 0 Å². The molecule has 4 heteroatoms. The molecule has 2 unspecified atom stereocenters. The molecule has 1 fully saturated rings. The van der Waals surface area contributed by atoms with E-state index in [1.807, 2.05) is 0 Å². The molecule has 0 aromatic rings. The average molecular weight is 264 g/mol. The molecule has 1 aliphatic heterocycles. The molecule has 0 radical (unpaired) electrons. The zero-order valence-corrected chi connectivity index (χ0v) is 11.7. The van der Waals surface area contributed by atoms with Crippen molar-refractivity contribution in [2.45, 2.75) is 6.92 Å². The molecule has 0 saturated carbocycles. The first-order chi connectivity index (χ1) is 5.43. The monoisotopic (exact) mass is 264 g/mol. The molecule has 0 nitrogen and oxygen atoms in total. The zero-order valence-electron chi connectivity index (χ0n) is 7.75. The van der Waals surface area contributed by atoms with Crippen molar-refractivity contribution in [3.8, 4) is 0 Å². The summed E-state index contributed by atoms with van der Waals surface area (Å²) in [6, 6.07) is 0. The molecule has 2 atom stereocenters. The van der Waals surface area contributed by atoms with Crippen molar-refractivity contribution in [1.29, 1.82) is 0 Å². The smallest absolute Gasteiger partial charge is 0 e. The minimum Gasteiger partial charge on any atom is -0.121 e. The topological polar surface area (TPSA) is 0 Å². The molecule has 74 valence electrons. The van der Waals surface area contributed by atoms with Gasteiger partial charge in [-0.3, -0.25) is 0 Å². The molecule has 0 spiro atoms. The number of hydrogen-bond donors (Lipinski definition) is 0. The molecule has 0 aliphatic carbocycles. The van der Waals surface area contributed by atoms with Crippen LogP contribution >= 0.6 is 25.1 Å². The molecule has 0 N–H and O–H groups in total. The maximum absolute atomic E-state index is 2.38. The second-order valence-corrected chi connectivity index (χ2v) is 8.80. The van der Waals surface area contributed by atoms with Gasteiger partial charge in [-0.1, -0.05) is 6.92 Å². The predicted octanol–water partition coefficient (Wildman–Crippen LogP) is 2.86. The Kier molecular flexibility index (Phi) is 10.8. The molecule has 0 aromatic carbocycles. The van der Waals surface area contributed by atoms with Crippen LogP contribution in [0, 0.1) is 0 Å². The van der Waals surface area contributed by atoms with Gasteiger partial charge < -0.3 is 0 Å². The summed E-state index contributed by atoms with van der Waals surface area (Å²) >= 11 is 0. The molecule has 1 saturated heterocycles. The van der Waals surface area contributed by atoms with Crippen molar-refractivity contribution in [2.75, 3.05) is 43.1 Å². The van der Waals surface area contributed by atoms with E-state index in [1.54, 1.807) is 37.0 Å². The quantitative estimate of drug-likeness (QED) is 0.504. The SMILES string of the molecule is CCP1CCPCCPCC1.[Fe]. The minimum absolute atomic E-state index is 0. The van der Waals surface area contributed by atoms with E-state index in [0.29, 0.717) is 7.92 Å². The third-order valence-electron chi connectivity index (χ3n) is 2.14. The van der Waals surface area contributed by atoms with E-state index in [4.69, 9.17) is 0 Å². The molecule has 0 amide bonds. The van der Waals surface area contributed by atoms with Gasteiger partial charge in [0, 0.05) is 17.1 Å². The molecule has 1 rings (SSSR count). The van der Waals surface area contributed by atoms with E-state index < -0.39 is 0 Å². The van der Waals surface area contributed by atoms with Gasteiger partial charge in [0.15, 0.2) is 0 Å². The average Bonchev–Trinajstić information content (AvgIpc) is 2.16. The molecule has 0 bridgehead atoms. The summed E-state index contributed by atoms with van der Waals surface area (Å²) in [5.41, 5.74) is 0. The molecular formula is C8H19FeP3. The van der Waals surface area contributed by atoms with Gasteiger partial charge in [0.05, 0.1) is 0 Å². The maximum atomic E-state index is 2.38. The van der Waals surface area contributed by atoms with Crippen LogP contribution in [0.2, 0.25) is 0 Å². The van der Waals surface area contributed by atoms with E-state index in [2.05, 4.69) is 6.92 Å². The van der Waals surface area contributed by atoms with Gasteiger partial charge in [-0.15, -0.1) is 25.1 Å². The van der Waals surface area contributed by atoms with Crippen molar-refractivity contribution >= 4 is 25.1 Å². The Morgan fingerprint density at radius 2 is 1.50 bits per heavy atom. The summed E-state index contributed by atoms with van der Waals surface area (Å²) in [5.74, 6) is 0. The summed E-state index contributed by atoms with van der Waals surface area (Å²) in [6.45, 7) is 2.38. The van der Waals surface area contributed by atoms with Gasteiger partial charge in [-0.05, 0) is 43.1 Å². The molecule has 1 aliphatic rings. The van der Waals surface area contributed by atoms with E-state index in [1.165, 1.54) is 23.3 Å². The maximum Gasteiger partial charge on any atom is 0 e. The van der Waals surface area contributed by atoms with Crippen LogP contribution < -0.4 is 0 Å². The van der Waals surface area contributed by atoms with E-state index in [0.717, 1.165) is 0 Å². The standard InChI is InChI=1S/C8H19P3.Fe/c1-2-11-7-5-9-3-4-10-6-8-11;/h9-10H,2-8H2,1H3;. The first-order valence-electron chi connectivity index (χ1n) is 4.57. The fraction of sp³-hybridized carbons (Fsp3) is 1.00. The van der Waals surface area contributed by atoms with E-state index >= 15 is 0 Å². The van der Waals surface area contributed by atoms with Crippen LogP contribution in [0.3, 0.4) is 0 Å². The summed E-state index contributed by atoms with van der Waals surface area (Å²) < 4.78 is 0. The Bertz CT molecular complexity index is 90.3. The molecular weight excluding hydrogens is 245 g/mol. The van der Waals surface area contributed by atoms with Crippen molar-refractivity contribution in [1.82, 2.24) is 0 Å². The van der Waals surface area contributed by atoms with Crippen LogP contribution in [0.4, 0.5) is 0 Å². The normalized spacial score (nSPS) is 30.2. The summed E-state index contributed by atoms with van der Waals surface area (Å²) in [7, 11) is 3.08. The van der Waals surface area contributed by atoms with Crippen LogP contribution in [0.5, 0.6) is 0 Å². The zero-order chi connectivity index (χ0) is 7.94. The van der Waals surface area contributed by atoms with Crippen molar-refractivity contribution in [3.05, 3.63) is 0 Å². The van der Waals surface area contributed by atoms with Gasteiger partial charge in [-0.25, -0.2) is 0 Å². The van der Waals surface area contributed by atoms with Gasteiger partial charge in [-0.2, -0.15) is 0 Å². The Balaban J connectivity index is 0.00000121. The van der Waals surface area contributed by atoms with Crippen LogP contribution in [-0.4, -0.2) is 43.1 Å². The fourth-order valence-corrected chi connectivity index (χ4v) is 7.89. The largest absolute Gasteiger partial charge is 0.121 e. The van der Waals surface area contributed by atoms with Crippen molar-refractivity contribution in [2.24, 2.45) is 0 Å². The predicted molar refractivity (Wildman–Crippen MR) is 63.3 cm³/mol. The van der Waals surface area contributed by atoms with Crippen LogP contribution in [0.1, 0.15) is 6.92 Å². The Hall–Kier alpha value is 1.81. The number of rotatable bonds is 1. The summed E-state index contributed by atoms with van der Waals surface area (Å²) in [6.07, 6.45) is 10.9. The minimum atomic E-state index is 0. The molecule has 0 aromatic heterocycles. The van der Waals surface area contributed by atoms with Crippen LogP contribution in [-0.2, 0) is 17.1 Å².